The van der Waals surface area contributed by atoms with Crippen LogP contribution in [0.25, 0.3) is 11.4 Å². The van der Waals surface area contributed by atoms with Crippen LogP contribution >= 0.6 is 0 Å². The Morgan fingerprint density at radius 1 is 0.800 bits per heavy atom. The van der Waals surface area contributed by atoms with Crippen molar-refractivity contribution in [1.82, 2.24) is 9.97 Å². The predicted octanol–water partition coefficient (Wildman–Crippen LogP) is 5.66. The molecule has 4 aromatic rings. The Labute approximate surface area is 175 Å². The van der Waals surface area contributed by atoms with Gasteiger partial charge in [0.15, 0.2) is 5.82 Å². The van der Waals surface area contributed by atoms with E-state index in [1.807, 2.05) is 85.8 Å². The summed E-state index contributed by atoms with van der Waals surface area (Å²) in [5, 5.41) is 3.27. The quantitative estimate of drug-likeness (QED) is 0.418. The Morgan fingerprint density at radius 3 is 2.17 bits per heavy atom. The van der Waals surface area contributed by atoms with Crippen LogP contribution in [0.15, 0.2) is 84.9 Å². The van der Waals surface area contributed by atoms with E-state index in [0.29, 0.717) is 24.1 Å². The summed E-state index contributed by atoms with van der Waals surface area (Å²) >= 11 is 0. The first-order valence-electron chi connectivity index (χ1n) is 9.67. The number of nitrogen functional groups attached to an aromatic ring is 1. The Balaban J connectivity index is 1.49. The highest BCUT2D eigenvalue weighted by Crippen LogP contribution is 2.26. The fourth-order valence-corrected chi connectivity index (χ4v) is 2.90. The van der Waals surface area contributed by atoms with E-state index in [4.69, 9.17) is 15.2 Å². The van der Waals surface area contributed by atoms with Crippen molar-refractivity contribution in [2.24, 2.45) is 0 Å². The maximum Gasteiger partial charge on any atom is 0.163 e. The van der Waals surface area contributed by atoms with Crippen molar-refractivity contribution in [3.8, 4) is 28.6 Å². The van der Waals surface area contributed by atoms with Crippen LogP contribution < -0.4 is 20.5 Å². The minimum absolute atomic E-state index is 0.389. The number of hydrogen-bond acceptors (Lipinski definition) is 6. The Morgan fingerprint density at radius 2 is 1.47 bits per heavy atom. The summed E-state index contributed by atoms with van der Waals surface area (Å²) in [6.07, 6.45) is 0. The highest BCUT2D eigenvalue weighted by molar-refractivity contribution is 5.65. The highest BCUT2D eigenvalue weighted by Gasteiger charge is 2.07. The molecule has 0 bridgehead atoms. The molecule has 1 aromatic heterocycles. The first kappa shape index (κ1) is 19.3. The Kier molecular flexibility index (Phi) is 5.75. The summed E-state index contributed by atoms with van der Waals surface area (Å²) in [4.78, 5) is 8.94. The number of nitrogens with one attached hydrogen (secondary N) is 1. The molecule has 0 aliphatic carbocycles. The smallest absolute Gasteiger partial charge is 0.163 e. The van der Waals surface area contributed by atoms with Crippen LogP contribution in [0, 0.1) is 0 Å². The predicted molar refractivity (Wildman–Crippen MR) is 119 cm³/mol. The standard InChI is InChI=1S/C24H22N4O2/c1-2-29-19-12-8-17(9-13-19)24-27-22(25)16-23(28-24)26-18-10-14-21(15-11-18)30-20-6-4-3-5-7-20/h3-16H,2H2,1H3,(H3,25,26,27,28). The molecular formula is C24H22N4O2. The van der Waals surface area contributed by atoms with Gasteiger partial charge in [-0.1, -0.05) is 18.2 Å². The number of anilines is 3. The van der Waals surface area contributed by atoms with Crippen molar-refractivity contribution in [3.63, 3.8) is 0 Å². The third-order valence-corrected chi connectivity index (χ3v) is 4.28. The lowest BCUT2D eigenvalue weighted by Gasteiger charge is -2.10. The van der Waals surface area contributed by atoms with E-state index < -0.39 is 0 Å². The van der Waals surface area contributed by atoms with E-state index in [-0.39, 0.29) is 0 Å². The number of nitrogens with two attached hydrogens (primary N) is 1. The lowest BCUT2D eigenvalue weighted by molar-refractivity contribution is 0.340. The molecular weight excluding hydrogens is 376 g/mol. The van der Waals surface area contributed by atoms with Gasteiger partial charge < -0.3 is 20.5 Å². The maximum atomic E-state index is 6.00. The van der Waals surface area contributed by atoms with Crippen LogP contribution in [-0.2, 0) is 0 Å². The second kappa shape index (κ2) is 8.96. The van der Waals surface area contributed by atoms with Crippen molar-refractivity contribution >= 4 is 17.3 Å². The number of nitrogens with zero attached hydrogens (tertiary/aromatic N) is 2. The van der Waals surface area contributed by atoms with Crippen LogP contribution in [0.1, 0.15) is 6.92 Å². The first-order chi connectivity index (χ1) is 14.7. The number of rotatable bonds is 7. The molecule has 6 heteroatoms. The molecule has 0 aliphatic heterocycles. The number of para-hydroxylation sites is 1. The average Bonchev–Trinajstić information content (AvgIpc) is 2.76. The molecule has 3 N–H and O–H groups in total. The molecule has 0 fully saturated rings. The normalized spacial score (nSPS) is 10.4. The number of aromatic nitrogens is 2. The molecule has 0 amide bonds. The molecule has 30 heavy (non-hydrogen) atoms. The molecule has 0 saturated heterocycles. The van der Waals surface area contributed by atoms with Crippen molar-refractivity contribution < 1.29 is 9.47 Å². The monoisotopic (exact) mass is 398 g/mol. The zero-order valence-corrected chi connectivity index (χ0v) is 16.6. The highest BCUT2D eigenvalue weighted by atomic mass is 16.5. The van der Waals surface area contributed by atoms with E-state index >= 15 is 0 Å². The van der Waals surface area contributed by atoms with Gasteiger partial charge in [-0.25, -0.2) is 9.97 Å². The summed E-state index contributed by atoms with van der Waals surface area (Å²) in [5.41, 5.74) is 7.73. The minimum Gasteiger partial charge on any atom is -0.494 e. The van der Waals surface area contributed by atoms with Crippen molar-refractivity contribution in [2.45, 2.75) is 6.92 Å². The molecule has 4 rings (SSSR count). The number of benzene rings is 3. The van der Waals surface area contributed by atoms with Crippen LogP contribution in [-0.4, -0.2) is 16.6 Å². The van der Waals surface area contributed by atoms with E-state index in [1.165, 1.54) is 0 Å². The Bertz CT molecular complexity index is 1100. The SMILES string of the molecule is CCOc1ccc(-c2nc(N)cc(Nc3ccc(Oc4ccccc4)cc3)n2)cc1. The maximum absolute atomic E-state index is 6.00. The summed E-state index contributed by atoms with van der Waals surface area (Å²) in [5.74, 6) is 3.90. The van der Waals surface area contributed by atoms with Gasteiger partial charge in [-0.05, 0) is 67.6 Å². The summed E-state index contributed by atoms with van der Waals surface area (Å²) in [7, 11) is 0. The lowest BCUT2D eigenvalue weighted by Crippen LogP contribution is -2.01. The van der Waals surface area contributed by atoms with Crippen molar-refractivity contribution in [2.75, 3.05) is 17.7 Å². The van der Waals surface area contributed by atoms with Gasteiger partial charge in [0.05, 0.1) is 6.61 Å². The van der Waals surface area contributed by atoms with Crippen molar-refractivity contribution in [1.29, 1.82) is 0 Å². The minimum atomic E-state index is 0.389. The fourth-order valence-electron chi connectivity index (χ4n) is 2.90. The summed E-state index contributed by atoms with van der Waals surface area (Å²) in [6.45, 7) is 2.57. The summed E-state index contributed by atoms with van der Waals surface area (Å²) < 4.78 is 11.3. The molecule has 1 heterocycles. The molecule has 3 aromatic carbocycles. The number of hydrogen-bond donors (Lipinski definition) is 2. The molecule has 0 aliphatic rings. The van der Waals surface area contributed by atoms with E-state index in [1.54, 1.807) is 6.07 Å². The van der Waals surface area contributed by atoms with Crippen molar-refractivity contribution in [3.05, 3.63) is 84.9 Å². The van der Waals surface area contributed by atoms with Crippen LogP contribution in [0.2, 0.25) is 0 Å². The van der Waals surface area contributed by atoms with E-state index in [2.05, 4.69) is 15.3 Å². The fraction of sp³-hybridized carbons (Fsp3) is 0.0833. The molecule has 0 atom stereocenters. The van der Waals surface area contributed by atoms with Gasteiger partial charge in [0.1, 0.15) is 28.9 Å². The summed E-state index contributed by atoms with van der Waals surface area (Å²) in [6, 6.07) is 26.6. The van der Waals surface area contributed by atoms with Gasteiger partial charge in [-0.3, -0.25) is 0 Å². The van der Waals surface area contributed by atoms with Gasteiger partial charge >= 0.3 is 0 Å². The van der Waals surface area contributed by atoms with Gasteiger partial charge in [0.25, 0.3) is 0 Å². The van der Waals surface area contributed by atoms with E-state index in [9.17, 15) is 0 Å². The van der Waals surface area contributed by atoms with Gasteiger partial charge in [-0.15, -0.1) is 0 Å². The molecule has 150 valence electrons. The van der Waals surface area contributed by atoms with Gasteiger partial charge in [-0.2, -0.15) is 0 Å². The molecule has 0 saturated carbocycles. The molecule has 0 radical (unpaired) electrons. The second-order valence-corrected chi connectivity index (χ2v) is 6.52. The first-order valence-corrected chi connectivity index (χ1v) is 9.67. The average molecular weight is 398 g/mol. The third kappa shape index (κ3) is 4.86. The molecule has 0 unspecified atom stereocenters. The van der Waals surface area contributed by atoms with Gasteiger partial charge in [0.2, 0.25) is 0 Å². The van der Waals surface area contributed by atoms with Crippen LogP contribution in [0.4, 0.5) is 17.3 Å². The molecule has 6 nitrogen and oxygen atoms in total. The Hall–Kier alpha value is -4.06. The van der Waals surface area contributed by atoms with Gasteiger partial charge in [0, 0.05) is 17.3 Å². The van der Waals surface area contributed by atoms with Crippen LogP contribution in [0.3, 0.4) is 0 Å². The number of ether oxygens (including phenoxy) is 2. The van der Waals surface area contributed by atoms with E-state index in [0.717, 1.165) is 28.5 Å². The largest absolute Gasteiger partial charge is 0.494 e. The second-order valence-electron chi connectivity index (χ2n) is 6.52. The zero-order chi connectivity index (χ0) is 20.8. The molecule has 0 spiro atoms. The zero-order valence-electron chi connectivity index (χ0n) is 16.6. The topological polar surface area (TPSA) is 82.3 Å². The third-order valence-electron chi connectivity index (χ3n) is 4.28. The van der Waals surface area contributed by atoms with Crippen LogP contribution in [0.5, 0.6) is 17.2 Å². The lowest BCUT2D eigenvalue weighted by atomic mass is 10.2.